The van der Waals surface area contributed by atoms with Gasteiger partial charge in [0.15, 0.2) is 0 Å². The van der Waals surface area contributed by atoms with Crippen molar-refractivity contribution in [1.82, 2.24) is 20.2 Å². The minimum Gasteiger partial charge on any atom is -0.462 e. The highest BCUT2D eigenvalue weighted by Gasteiger charge is 2.26. The summed E-state index contributed by atoms with van der Waals surface area (Å²) in [5, 5.41) is 23.7. The van der Waals surface area contributed by atoms with Gasteiger partial charge < -0.3 is 29.9 Å². The second-order valence-electron chi connectivity index (χ2n) is 7.93. The molecule has 2 aromatic rings. The third-order valence-corrected chi connectivity index (χ3v) is 6.23. The molecule has 3 heterocycles. The van der Waals surface area contributed by atoms with Crippen molar-refractivity contribution in [2.24, 2.45) is 0 Å². The maximum absolute atomic E-state index is 9.64. The summed E-state index contributed by atoms with van der Waals surface area (Å²) in [5.74, 6) is 0.764. The zero-order valence-corrected chi connectivity index (χ0v) is 17.6. The summed E-state index contributed by atoms with van der Waals surface area (Å²) in [6.07, 6.45) is 2.27. The highest BCUT2D eigenvalue weighted by molar-refractivity contribution is 6.63. The molecule has 2 fully saturated rings. The van der Waals surface area contributed by atoms with Gasteiger partial charge in [-0.25, -0.2) is 0 Å². The van der Waals surface area contributed by atoms with Gasteiger partial charge in [-0.05, 0) is 45.5 Å². The molecule has 2 aliphatic rings. The molecule has 2 saturated heterocycles. The molecular weight excluding hydrogens is 393 g/mol. The van der Waals surface area contributed by atoms with Gasteiger partial charge in [0.05, 0.1) is 5.52 Å². The van der Waals surface area contributed by atoms with E-state index in [9.17, 15) is 10.0 Å². The molecule has 0 amide bonds. The van der Waals surface area contributed by atoms with Gasteiger partial charge in [-0.2, -0.15) is 9.97 Å². The van der Waals surface area contributed by atoms with E-state index in [0.717, 1.165) is 43.8 Å². The highest BCUT2D eigenvalue weighted by atomic mass is 35.5. The average Bonchev–Trinajstić information content (AvgIpc) is 3.10. The molecule has 8 nitrogen and oxygen atoms in total. The molecule has 2 aliphatic heterocycles. The number of fused-ring (bicyclic) bond motifs is 1. The minimum atomic E-state index is -1.67. The molecule has 1 aromatic heterocycles. The fraction of sp³-hybridized carbons (Fsp3) is 0.579. The van der Waals surface area contributed by atoms with Crippen molar-refractivity contribution in [3.8, 4) is 6.01 Å². The normalized spacial score (nSPS) is 23.0. The lowest BCUT2D eigenvalue weighted by atomic mass is 9.80. The summed E-state index contributed by atoms with van der Waals surface area (Å²) in [6.45, 7) is 6.27. The fourth-order valence-electron chi connectivity index (χ4n) is 4.13. The number of likely N-dealkylation sites (tertiary alicyclic amines) is 1. The molecule has 0 saturated carbocycles. The first kappa shape index (κ1) is 20.6. The zero-order valence-electron chi connectivity index (χ0n) is 16.8. The Morgan fingerprint density at radius 2 is 2.14 bits per heavy atom. The second-order valence-corrected chi connectivity index (χ2v) is 8.34. The van der Waals surface area contributed by atoms with Crippen LogP contribution in [0.2, 0.25) is 5.02 Å². The first-order valence-corrected chi connectivity index (χ1v) is 10.5. The average molecular weight is 420 g/mol. The van der Waals surface area contributed by atoms with E-state index in [-0.39, 0.29) is 16.5 Å². The Labute approximate surface area is 176 Å². The van der Waals surface area contributed by atoms with Crippen LogP contribution >= 0.6 is 11.6 Å². The van der Waals surface area contributed by atoms with E-state index in [2.05, 4.69) is 34.1 Å². The Balaban J connectivity index is 1.74. The van der Waals surface area contributed by atoms with Crippen molar-refractivity contribution in [1.29, 1.82) is 0 Å². The molecule has 156 valence electrons. The summed E-state index contributed by atoms with van der Waals surface area (Å²) in [7, 11) is 0.437. The van der Waals surface area contributed by atoms with Crippen LogP contribution in [0.5, 0.6) is 6.01 Å². The van der Waals surface area contributed by atoms with E-state index in [1.54, 1.807) is 12.1 Å². The van der Waals surface area contributed by atoms with E-state index >= 15 is 0 Å². The van der Waals surface area contributed by atoms with Crippen LogP contribution in [0.25, 0.3) is 10.9 Å². The van der Waals surface area contributed by atoms with Crippen molar-refractivity contribution < 1.29 is 14.8 Å². The van der Waals surface area contributed by atoms with E-state index in [0.29, 0.717) is 24.2 Å². The lowest BCUT2D eigenvalue weighted by molar-refractivity contribution is 0.188. The third-order valence-electron chi connectivity index (χ3n) is 5.90. The highest BCUT2D eigenvalue weighted by Crippen LogP contribution is 2.30. The first-order chi connectivity index (χ1) is 13.9. The molecule has 10 heteroatoms. The molecular formula is C19H27BClN5O3. The molecule has 0 radical (unpaired) electrons. The van der Waals surface area contributed by atoms with Gasteiger partial charge in [-0.1, -0.05) is 11.6 Å². The number of ether oxygens (including phenoxy) is 1. The monoisotopic (exact) mass is 419 g/mol. The summed E-state index contributed by atoms with van der Waals surface area (Å²) in [4.78, 5) is 13.8. The lowest BCUT2D eigenvalue weighted by Gasteiger charge is -2.35. The summed E-state index contributed by atoms with van der Waals surface area (Å²) in [6, 6.07) is 4.23. The topological polar surface area (TPSA) is 94.0 Å². The summed E-state index contributed by atoms with van der Waals surface area (Å²) in [5.41, 5.74) is 0.807. The number of benzene rings is 1. The Morgan fingerprint density at radius 1 is 1.31 bits per heavy atom. The van der Waals surface area contributed by atoms with Gasteiger partial charge >= 0.3 is 13.1 Å². The first-order valence-electron chi connectivity index (χ1n) is 10.1. The Hall–Kier alpha value is -1.65. The van der Waals surface area contributed by atoms with E-state index in [1.807, 2.05) is 0 Å². The van der Waals surface area contributed by atoms with Crippen LogP contribution in [0.3, 0.4) is 0 Å². The molecule has 0 bridgehead atoms. The number of hydrogen-bond acceptors (Lipinski definition) is 8. The van der Waals surface area contributed by atoms with Crippen LogP contribution in [0.1, 0.15) is 19.8 Å². The predicted octanol–water partition coefficient (Wildman–Crippen LogP) is 0.234. The SMILES string of the molecule is C[C@H]1CNCCN1c1nc(OC[C@@H]2CCCN2C)nc2cc(B(O)O)c(Cl)cc12. The number of nitrogens with zero attached hydrogens (tertiary/aromatic N) is 4. The van der Waals surface area contributed by atoms with Gasteiger partial charge in [-0.3, -0.25) is 0 Å². The number of halogens is 1. The van der Waals surface area contributed by atoms with Crippen LogP contribution in [0.4, 0.5) is 5.82 Å². The van der Waals surface area contributed by atoms with E-state index in [4.69, 9.17) is 21.3 Å². The largest absolute Gasteiger partial charge is 0.490 e. The molecule has 2 atom stereocenters. The number of nitrogens with one attached hydrogen (secondary N) is 1. The van der Waals surface area contributed by atoms with Crippen LogP contribution in [0, 0.1) is 0 Å². The van der Waals surface area contributed by atoms with Gasteiger partial charge in [0.25, 0.3) is 0 Å². The smallest absolute Gasteiger partial charge is 0.462 e. The Morgan fingerprint density at radius 3 is 2.83 bits per heavy atom. The molecule has 0 aliphatic carbocycles. The van der Waals surface area contributed by atoms with Crippen molar-refractivity contribution in [3.63, 3.8) is 0 Å². The molecule has 0 spiro atoms. The zero-order chi connectivity index (χ0) is 20.5. The summed E-state index contributed by atoms with van der Waals surface area (Å²) < 4.78 is 6.00. The molecule has 29 heavy (non-hydrogen) atoms. The van der Waals surface area contributed by atoms with E-state index in [1.165, 1.54) is 6.42 Å². The van der Waals surface area contributed by atoms with Gasteiger partial charge in [0, 0.05) is 47.6 Å². The maximum Gasteiger partial charge on any atom is 0.490 e. The minimum absolute atomic E-state index is 0.221. The fourth-order valence-corrected chi connectivity index (χ4v) is 4.39. The standard InChI is InChI=1S/C19H27BClN5O3/c1-12-10-22-5-7-26(12)18-14-8-16(21)15(20(27)28)9-17(14)23-19(24-18)29-11-13-4-3-6-25(13)2/h8-9,12-13,22,27-28H,3-7,10-11H2,1-2H3/t12-,13-/m0/s1. The van der Waals surface area contributed by atoms with E-state index < -0.39 is 7.12 Å². The van der Waals surface area contributed by atoms with Crippen LogP contribution in [-0.2, 0) is 0 Å². The van der Waals surface area contributed by atoms with Gasteiger partial charge in [0.1, 0.15) is 12.4 Å². The van der Waals surface area contributed by atoms with Gasteiger partial charge in [0.2, 0.25) is 0 Å². The van der Waals surface area contributed by atoms with Crippen LogP contribution in [0.15, 0.2) is 12.1 Å². The van der Waals surface area contributed by atoms with Crippen molar-refractivity contribution >= 4 is 40.9 Å². The summed E-state index contributed by atoms with van der Waals surface area (Å²) >= 11 is 6.31. The van der Waals surface area contributed by atoms with Crippen molar-refractivity contribution in [3.05, 3.63) is 17.2 Å². The van der Waals surface area contributed by atoms with Crippen molar-refractivity contribution in [2.75, 3.05) is 44.7 Å². The number of aromatic nitrogens is 2. The third kappa shape index (κ3) is 4.29. The molecule has 3 N–H and O–H groups in total. The number of likely N-dealkylation sites (N-methyl/N-ethyl adjacent to an activating group) is 1. The van der Waals surface area contributed by atoms with Crippen molar-refractivity contribution in [2.45, 2.75) is 31.8 Å². The molecule has 0 unspecified atom stereocenters. The number of piperazine rings is 1. The maximum atomic E-state index is 9.64. The Bertz CT molecular complexity index is 887. The second kappa shape index (κ2) is 8.61. The lowest BCUT2D eigenvalue weighted by Crippen LogP contribution is -2.50. The number of rotatable bonds is 5. The quantitative estimate of drug-likeness (QED) is 0.593. The number of anilines is 1. The predicted molar refractivity (Wildman–Crippen MR) is 115 cm³/mol. The van der Waals surface area contributed by atoms with Crippen LogP contribution in [-0.4, -0.2) is 84.0 Å². The van der Waals surface area contributed by atoms with Crippen LogP contribution < -0.4 is 20.4 Å². The molecule has 4 rings (SSSR count). The Kier molecular flexibility index (Phi) is 6.12. The molecule has 1 aromatic carbocycles. The number of hydrogen-bond donors (Lipinski definition) is 3. The van der Waals surface area contributed by atoms with Gasteiger partial charge in [-0.15, -0.1) is 0 Å².